The summed E-state index contributed by atoms with van der Waals surface area (Å²) in [5.74, 6) is -2.58. The molecule has 1 atom stereocenters. The molecule has 5 rings (SSSR count). The van der Waals surface area contributed by atoms with Crippen LogP contribution in [0.1, 0.15) is 43.7 Å². The highest BCUT2D eigenvalue weighted by atomic mass is 16.6. The number of oxime groups is 1. The van der Waals surface area contributed by atoms with Crippen LogP contribution in [0.4, 0.5) is 5.69 Å². The zero-order valence-corrected chi connectivity index (χ0v) is 21.6. The number of esters is 2. The number of amides is 1. The average molecular weight is 518 g/mol. The second kappa shape index (κ2) is 10.8. The highest BCUT2D eigenvalue weighted by molar-refractivity contribution is 6.32. The lowest BCUT2D eigenvalue weighted by Gasteiger charge is -2.51. The number of likely N-dealkylation sites (tertiary alicyclic amines) is 1. The molecule has 3 aliphatic heterocycles. The fourth-order valence-electron chi connectivity index (χ4n) is 5.22. The van der Waals surface area contributed by atoms with Crippen LogP contribution in [0.15, 0.2) is 65.3 Å². The van der Waals surface area contributed by atoms with Gasteiger partial charge in [0.2, 0.25) is 0 Å². The Bertz CT molecular complexity index is 1310. The van der Waals surface area contributed by atoms with Gasteiger partial charge in [-0.3, -0.25) is 9.69 Å². The normalized spacial score (nSPS) is 23.0. The fraction of sp³-hybridized carbons (Fsp3) is 0.379. The Morgan fingerprint density at radius 3 is 2.55 bits per heavy atom. The number of carbonyl (C=O) groups is 3. The first-order chi connectivity index (χ1) is 18.4. The monoisotopic (exact) mass is 517 g/mol. The second-order valence-corrected chi connectivity index (χ2v) is 9.73. The summed E-state index contributed by atoms with van der Waals surface area (Å²) in [7, 11) is 0. The van der Waals surface area contributed by atoms with E-state index in [1.807, 2.05) is 19.1 Å². The largest absolute Gasteiger partial charge is 0.422 e. The number of allylic oxidation sites excluding steroid dienone is 1. The summed E-state index contributed by atoms with van der Waals surface area (Å²) in [6.45, 7) is 7.23. The lowest BCUT2D eigenvalue weighted by atomic mass is 9.81. The van der Waals surface area contributed by atoms with Gasteiger partial charge in [0.25, 0.3) is 11.6 Å². The number of benzene rings is 2. The van der Waals surface area contributed by atoms with E-state index in [2.05, 4.69) is 10.1 Å². The minimum atomic E-state index is -1.70. The Labute approximate surface area is 221 Å². The summed E-state index contributed by atoms with van der Waals surface area (Å²) in [5.41, 5.74) is 0.595. The number of nitrogens with zero attached hydrogens (tertiary/aromatic N) is 3. The summed E-state index contributed by atoms with van der Waals surface area (Å²) >= 11 is 0. The average Bonchev–Trinajstić information content (AvgIpc) is 3.04. The number of ether oxygens (including phenoxy) is 2. The van der Waals surface area contributed by atoms with Crippen molar-refractivity contribution < 1.29 is 28.7 Å². The quantitative estimate of drug-likeness (QED) is 0.0804. The van der Waals surface area contributed by atoms with Gasteiger partial charge in [-0.15, -0.1) is 0 Å². The van der Waals surface area contributed by atoms with Crippen molar-refractivity contribution in [2.24, 2.45) is 5.16 Å². The first-order valence-corrected chi connectivity index (χ1v) is 13.0. The zero-order valence-electron chi connectivity index (χ0n) is 21.6. The van der Waals surface area contributed by atoms with E-state index in [1.165, 1.54) is 24.2 Å². The third-order valence-corrected chi connectivity index (χ3v) is 7.05. The van der Waals surface area contributed by atoms with Crippen molar-refractivity contribution in [1.29, 1.82) is 0 Å². The molecule has 0 aliphatic carbocycles. The molecule has 2 saturated heterocycles. The molecule has 3 aliphatic rings. The highest BCUT2D eigenvalue weighted by Gasteiger charge is 2.64. The smallest absolute Gasteiger partial charge is 0.421 e. The zero-order chi connectivity index (χ0) is 26.7. The molecule has 9 nitrogen and oxygen atoms in total. The molecule has 9 heteroatoms. The van der Waals surface area contributed by atoms with E-state index >= 15 is 0 Å². The first-order valence-electron chi connectivity index (χ1n) is 13.0. The van der Waals surface area contributed by atoms with Crippen molar-refractivity contribution in [3.05, 3.63) is 71.3 Å². The number of β-lactam (4-membered cyclic amide) rings is 1. The summed E-state index contributed by atoms with van der Waals surface area (Å²) in [6, 6.07) is 13.9. The molecule has 0 radical (unpaired) electrons. The van der Waals surface area contributed by atoms with Gasteiger partial charge in [-0.25, -0.2) is 9.59 Å². The van der Waals surface area contributed by atoms with Crippen molar-refractivity contribution >= 4 is 29.2 Å². The molecular weight excluding hydrogens is 486 g/mol. The summed E-state index contributed by atoms with van der Waals surface area (Å²) in [6.07, 6.45) is 6.17. The number of aryl methyl sites for hydroxylation is 1. The van der Waals surface area contributed by atoms with Crippen LogP contribution in [0.5, 0.6) is 5.75 Å². The van der Waals surface area contributed by atoms with Crippen LogP contribution in [-0.4, -0.2) is 54.7 Å². The second-order valence-electron chi connectivity index (χ2n) is 9.73. The maximum atomic E-state index is 13.6. The van der Waals surface area contributed by atoms with Gasteiger partial charge in [0, 0.05) is 6.54 Å². The van der Waals surface area contributed by atoms with Crippen LogP contribution in [0.2, 0.25) is 0 Å². The van der Waals surface area contributed by atoms with Crippen LogP contribution >= 0.6 is 0 Å². The third kappa shape index (κ3) is 4.69. The van der Waals surface area contributed by atoms with E-state index in [0.717, 1.165) is 31.6 Å². The van der Waals surface area contributed by atoms with E-state index in [1.54, 1.807) is 49.4 Å². The van der Waals surface area contributed by atoms with E-state index in [4.69, 9.17) is 14.3 Å². The summed E-state index contributed by atoms with van der Waals surface area (Å²) in [4.78, 5) is 48.1. The fourth-order valence-corrected chi connectivity index (χ4v) is 5.22. The maximum Gasteiger partial charge on any atom is 0.422 e. The molecule has 0 aromatic heterocycles. The Morgan fingerprint density at radius 1 is 1.03 bits per heavy atom. The minimum absolute atomic E-state index is 0.142. The Hall–Kier alpha value is -3.98. The summed E-state index contributed by atoms with van der Waals surface area (Å²) in [5, 5.41) is 4.18. The van der Waals surface area contributed by atoms with Crippen LogP contribution in [0.25, 0.3) is 0 Å². The van der Waals surface area contributed by atoms with Crippen LogP contribution < -0.4 is 9.64 Å². The molecule has 0 N–H and O–H groups in total. The lowest BCUT2D eigenvalue weighted by Crippen LogP contribution is -2.66. The Kier molecular flexibility index (Phi) is 7.28. The molecule has 1 amide bonds. The van der Waals surface area contributed by atoms with Gasteiger partial charge in [-0.05, 0) is 76.0 Å². The maximum absolute atomic E-state index is 13.6. The van der Waals surface area contributed by atoms with E-state index in [-0.39, 0.29) is 17.2 Å². The highest BCUT2D eigenvalue weighted by Crippen LogP contribution is 2.53. The number of hydrogen-bond donors (Lipinski definition) is 0. The predicted octanol–water partition coefficient (Wildman–Crippen LogP) is 3.85. The molecule has 2 aromatic rings. The SMILES string of the molecule is CC(/C=C1\C(=O)N(c2ccccc2C)C12OC(=O)C(=O)Oc1ccccc12)=N\OCCCN1CCCCC1. The Balaban J connectivity index is 1.46. The number of rotatable bonds is 7. The standard InChI is InChI=1S/C29H31N3O6/c1-20-11-4-6-13-24(20)32-26(33)23(19-21(2)30-36-18-10-17-31-15-8-3-9-16-31)29(32)22-12-5-7-14-25(22)37-27(34)28(35)38-29/h4-7,11-14,19H,3,8-10,15-18H2,1-2H3/b23-19+,30-21+. The van der Waals surface area contributed by atoms with Gasteiger partial charge >= 0.3 is 11.9 Å². The predicted molar refractivity (Wildman–Crippen MR) is 141 cm³/mol. The first kappa shape index (κ1) is 25.7. The molecule has 2 fully saturated rings. The van der Waals surface area contributed by atoms with Gasteiger partial charge in [0.05, 0.1) is 22.5 Å². The molecule has 198 valence electrons. The van der Waals surface area contributed by atoms with Crippen molar-refractivity contribution in [1.82, 2.24) is 4.90 Å². The van der Waals surface area contributed by atoms with E-state index in [0.29, 0.717) is 23.6 Å². The van der Waals surface area contributed by atoms with Gasteiger partial charge in [0.1, 0.15) is 12.4 Å². The molecule has 1 unspecified atom stereocenters. The lowest BCUT2D eigenvalue weighted by molar-refractivity contribution is -0.173. The van der Waals surface area contributed by atoms with Gasteiger partial charge in [0.15, 0.2) is 0 Å². The van der Waals surface area contributed by atoms with Crippen LogP contribution in [0, 0.1) is 6.92 Å². The third-order valence-electron chi connectivity index (χ3n) is 7.05. The van der Waals surface area contributed by atoms with Crippen molar-refractivity contribution in [3.63, 3.8) is 0 Å². The number of anilines is 1. The Morgan fingerprint density at radius 2 is 1.76 bits per heavy atom. The molecular formula is C29H31N3O6. The number of fused-ring (bicyclic) bond motifs is 2. The van der Waals surface area contributed by atoms with E-state index in [9.17, 15) is 14.4 Å². The molecule has 1 spiro atoms. The molecule has 38 heavy (non-hydrogen) atoms. The number of piperidine rings is 1. The van der Waals surface area contributed by atoms with Crippen LogP contribution in [-0.2, 0) is 29.7 Å². The number of hydrogen-bond acceptors (Lipinski definition) is 8. The minimum Gasteiger partial charge on any atom is -0.421 e. The van der Waals surface area contributed by atoms with Crippen molar-refractivity contribution in [3.8, 4) is 5.75 Å². The molecule has 0 saturated carbocycles. The number of carbonyl (C=O) groups excluding carboxylic acids is 3. The van der Waals surface area contributed by atoms with Gasteiger partial charge in [-0.2, -0.15) is 0 Å². The van der Waals surface area contributed by atoms with Crippen molar-refractivity contribution in [2.45, 2.75) is 45.3 Å². The van der Waals surface area contributed by atoms with Gasteiger partial charge < -0.3 is 19.2 Å². The topological polar surface area (TPSA) is 97.7 Å². The molecule has 0 bridgehead atoms. The van der Waals surface area contributed by atoms with E-state index < -0.39 is 17.7 Å². The molecule has 2 aromatic carbocycles. The van der Waals surface area contributed by atoms with Crippen LogP contribution in [0.3, 0.4) is 0 Å². The molecule has 3 heterocycles. The van der Waals surface area contributed by atoms with Crippen molar-refractivity contribution in [2.75, 3.05) is 31.1 Å². The van der Waals surface area contributed by atoms with Gasteiger partial charge in [-0.1, -0.05) is 41.9 Å². The summed E-state index contributed by atoms with van der Waals surface area (Å²) < 4.78 is 11.1. The number of para-hydroxylation sites is 2.